The Kier molecular flexibility index (Phi) is 4.53. The first kappa shape index (κ1) is 14.0. The van der Waals surface area contributed by atoms with Gasteiger partial charge in [0.2, 0.25) is 5.91 Å². The molecule has 0 saturated carbocycles. The van der Waals surface area contributed by atoms with Gasteiger partial charge >= 0.3 is 0 Å². The zero-order valence-corrected chi connectivity index (χ0v) is 11.8. The van der Waals surface area contributed by atoms with Gasteiger partial charge in [-0.15, -0.1) is 0 Å². The average molecular weight is 317 g/mol. The second-order valence-electron chi connectivity index (χ2n) is 3.58. The summed E-state index contributed by atoms with van der Waals surface area (Å²) < 4.78 is 5.06. The molecule has 0 aliphatic rings. The molecule has 0 fully saturated rings. The van der Waals surface area contributed by atoms with Gasteiger partial charge in [0.15, 0.2) is 0 Å². The van der Waals surface area contributed by atoms with E-state index in [0.29, 0.717) is 16.5 Å². The molecule has 2 rings (SSSR count). The monoisotopic (exact) mass is 315 g/mol. The molecule has 1 N–H and O–H groups in total. The number of rotatable bonds is 3. The first-order valence-electron chi connectivity index (χ1n) is 5.23. The van der Waals surface area contributed by atoms with E-state index in [1.807, 2.05) is 0 Å². The van der Waals surface area contributed by atoms with Crippen LogP contribution in [0.25, 0.3) is 6.08 Å². The second-order valence-corrected chi connectivity index (χ2v) is 4.83. The third-order valence-corrected chi connectivity index (χ3v) is 3.01. The largest absolute Gasteiger partial charge is 0.465 e. The Morgan fingerprint density at radius 3 is 2.47 bits per heavy atom. The van der Waals surface area contributed by atoms with Gasteiger partial charge < -0.3 is 9.73 Å². The number of benzene rings is 1. The van der Waals surface area contributed by atoms with E-state index >= 15 is 0 Å². The smallest absolute Gasteiger partial charge is 0.248 e. The zero-order chi connectivity index (χ0) is 13.8. The Balaban J connectivity index is 2.11. The Hall–Kier alpha value is -1.42. The Labute approximate surface area is 124 Å². The average Bonchev–Trinajstić information content (AvgIpc) is 2.84. The van der Waals surface area contributed by atoms with Gasteiger partial charge in [-0.25, -0.2) is 0 Å². The van der Waals surface area contributed by atoms with Gasteiger partial charge in [-0.05, 0) is 30.3 Å². The topological polar surface area (TPSA) is 42.2 Å². The summed E-state index contributed by atoms with van der Waals surface area (Å²) in [4.78, 5) is 11.7. The molecule has 3 nitrogen and oxygen atoms in total. The fourth-order valence-electron chi connectivity index (χ4n) is 1.37. The molecule has 0 unspecified atom stereocenters. The molecule has 2 aromatic rings. The minimum absolute atomic E-state index is 0.275. The van der Waals surface area contributed by atoms with Gasteiger partial charge in [0, 0.05) is 11.1 Å². The molecular formula is C13H8Cl3NO2. The van der Waals surface area contributed by atoms with Crippen molar-refractivity contribution in [1.29, 1.82) is 0 Å². The maximum absolute atomic E-state index is 11.7. The predicted molar refractivity (Wildman–Crippen MR) is 77.8 cm³/mol. The maximum Gasteiger partial charge on any atom is 0.248 e. The molecule has 0 saturated heterocycles. The van der Waals surface area contributed by atoms with Crippen molar-refractivity contribution in [2.24, 2.45) is 0 Å². The van der Waals surface area contributed by atoms with Crippen molar-refractivity contribution < 1.29 is 9.21 Å². The van der Waals surface area contributed by atoms with Crippen LogP contribution in [0.15, 0.2) is 41.0 Å². The van der Waals surface area contributed by atoms with Crippen molar-refractivity contribution in [2.75, 3.05) is 5.32 Å². The molecular weight excluding hydrogens is 309 g/mol. The number of nitrogens with one attached hydrogen (secondary N) is 1. The lowest BCUT2D eigenvalue weighted by Crippen LogP contribution is -2.08. The van der Waals surface area contributed by atoms with Crippen LogP contribution in [0.3, 0.4) is 0 Å². The molecule has 1 aromatic heterocycles. The Morgan fingerprint density at radius 1 is 1.21 bits per heavy atom. The van der Waals surface area contributed by atoms with E-state index in [2.05, 4.69) is 5.32 Å². The van der Waals surface area contributed by atoms with E-state index in [9.17, 15) is 4.79 Å². The summed E-state index contributed by atoms with van der Waals surface area (Å²) in [7, 11) is 0. The molecule has 0 atom stereocenters. The summed E-state index contributed by atoms with van der Waals surface area (Å²) in [5.74, 6) is 0.200. The van der Waals surface area contributed by atoms with Crippen LogP contribution in [0.1, 0.15) is 5.76 Å². The SMILES string of the molecule is O=C(/C=C/c1ccco1)Nc1c(Cl)cc(Cl)cc1Cl. The van der Waals surface area contributed by atoms with Crippen molar-refractivity contribution in [3.8, 4) is 0 Å². The molecule has 1 amide bonds. The summed E-state index contributed by atoms with van der Waals surface area (Å²) >= 11 is 17.7. The molecule has 6 heteroatoms. The molecule has 0 aliphatic carbocycles. The number of furan rings is 1. The van der Waals surface area contributed by atoms with E-state index in [0.717, 1.165) is 0 Å². The van der Waals surface area contributed by atoms with Crippen LogP contribution in [0, 0.1) is 0 Å². The minimum atomic E-state index is -0.373. The lowest BCUT2D eigenvalue weighted by Gasteiger charge is -2.07. The van der Waals surface area contributed by atoms with E-state index < -0.39 is 0 Å². The fourth-order valence-corrected chi connectivity index (χ4v) is 2.28. The van der Waals surface area contributed by atoms with E-state index in [4.69, 9.17) is 39.2 Å². The third kappa shape index (κ3) is 3.77. The number of carbonyl (C=O) groups is 1. The molecule has 98 valence electrons. The maximum atomic E-state index is 11.7. The van der Waals surface area contributed by atoms with Crippen LogP contribution >= 0.6 is 34.8 Å². The van der Waals surface area contributed by atoms with Crippen LogP contribution < -0.4 is 5.32 Å². The quantitative estimate of drug-likeness (QED) is 0.819. The second kappa shape index (κ2) is 6.15. The zero-order valence-electron chi connectivity index (χ0n) is 9.49. The standard InChI is InChI=1S/C13H8Cl3NO2/c14-8-6-10(15)13(11(16)7-8)17-12(18)4-3-9-2-1-5-19-9/h1-7H,(H,17,18)/b4-3+. The highest BCUT2D eigenvalue weighted by atomic mass is 35.5. The minimum Gasteiger partial charge on any atom is -0.465 e. The van der Waals surface area contributed by atoms with Crippen molar-refractivity contribution in [3.05, 3.63) is 57.4 Å². The highest BCUT2D eigenvalue weighted by Gasteiger charge is 2.09. The molecule has 0 bridgehead atoms. The van der Waals surface area contributed by atoms with Gasteiger partial charge in [-0.2, -0.15) is 0 Å². The van der Waals surface area contributed by atoms with E-state index in [1.165, 1.54) is 30.5 Å². The van der Waals surface area contributed by atoms with Gasteiger partial charge in [0.05, 0.1) is 22.0 Å². The molecule has 1 heterocycles. The molecule has 1 aromatic carbocycles. The lowest BCUT2D eigenvalue weighted by atomic mass is 10.3. The normalized spacial score (nSPS) is 10.9. The van der Waals surface area contributed by atoms with Crippen LogP contribution in [-0.2, 0) is 4.79 Å². The summed E-state index contributed by atoms with van der Waals surface area (Å²) in [6.07, 6.45) is 4.37. The number of halogens is 3. The van der Waals surface area contributed by atoms with Crippen molar-refractivity contribution in [3.63, 3.8) is 0 Å². The molecule has 0 spiro atoms. The van der Waals surface area contributed by atoms with Crippen LogP contribution in [-0.4, -0.2) is 5.91 Å². The fraction of sp³-hybridized carbons (Fsp3) is 0. The van der Waals surface area contributed by atoms with Crippen LogP contribution in [0.5, 0.6) is 0 Å². The molecule has 19 heavy (non-hydrogen) atoms. The molecule has 0 radical (unpaired) electrons. The number of amides is 1. The lowest BCUT2D eigenvalue weighted by molar-refractivity contribution is -0.111. The first-order valence-corrected chi connectivity index (χ1v) is 6.37. The number of carbonyl (C=O) groups excluding carboxylic acids is 1. The highest BCUT2D eigenvalue weighted by molar-refractivity contribution is 6.42. The summed E-state index contributed by atoms with van der Waals surface area (Å²) in [5.41, 5.74) is 0.321. The first-order chi connectivity index (χ1) is 9.06. The summed E-state index contributed by atoms with van der Waals surface area (Å²) in [6, 6.07) is 6.46. The van der Waals surface area contributed by atoms with Crippen molar-refractivity contribution in [1.82, 2.24) is 0 Å². The van der Waals surface area contributed by atoms with Gasteiger partial charge in [-0.1, -0.05) is 34.8 Å². The number of anilines is 1. The Bertz CT molecular complexity index is 598. The number of hydrogen-bond donors (Lipinski definition) is 1. The summed E-state index contributed by atoms with van der Waals surface area (Å²) in [6.45, 7) is 0. The van der Waals surface area contributed by atoms with Crippen molar-refractivity contribution >= 4 is 52.5 Å². The highest BCUT2D eigenvalue weighted by Crippen LogP contribution is 2.33. The molecule has 0 aliphatic heterocycles. The van der Waals surface area contributed by atoms with E-state index in [1.54, 1.807) is 12.1 Å². The third-order valence-electron chi connectivity index (χ3n) is 2.20. The van der Waals surface area contributed by atoms with Gasteiger partial charge in [0.1, 0.15) is 5.76 Å². The van der Waals surface area contributed by atoms with Crippen LogP contribution in [0.4, 0.5) is 5.69 Å². The van der Waals surface area contributed by atoms with E-state index in [-0.39, 0.29) is 16.0 Å². The summed E-state index contributed by atoms with van der Waals surface area (Å²) in [5, 5.41) is 3.53. The van der Waals surface area contributed by atoms with Crippen LogP contribution in [0.2, 0.25) is 15.1 Å². The predicted octanol–water partition coefficient (Wildman–Crippen LogP) is 4.89. The van der Waals surface area contributed by atoms with Crippen molar-refractivity contribution in [2.45, 2.75) is 0 Å². The van der Waals surface area contributed by atoms with Gasteiger partial charge in [-0.3, -0.25) is 4.79 Å². The van der Waals surface area contributed by atoms with Gasteiger partial charge in [0.25, 0.3) is 0 Å². The number of hydrogen-bond acceptors (Lipinski definition) is 2. The Morgan fingerprint density at radius 2 is 1.89 bits per heavy atom.